The Morgan fingerprint density at radius 3 is 2.70 bits per heavy atom. The Morgan fingerprint density at radius 1 is 1.25 bits per heavy atom. The minimum absolute atomic E-state index is 0.00450. The quantitative estimate of drug-likeness (QED) is 0.881. The minimum Gasteiger partial charge on any atom is -0.489 e. The van der Waals surface area contributed by atoms with E-state index in [2.05, 4.69) is 5.32 Å². The Labute approximate surface area is 116 Å². The first kappa shape index (κ1) is 14.5. The van der Waals surface area contributed by atoms with E-state index in [1.54, 1.807) is 0 Å². The summed E-state index contributed by atoms with van der Waals surface area (Å²) in [7, 11) is 0. The molecule has 5 heteroatoms. The van der Waals surface area contributed by atoms with Crippen LogP contribution in [-0.2, 0) is 6.54 Å². The standard InChI is InChI=1S/C15H17F2NO2/c1-10(18-8-13-5-3-11(2)20-13)9-19-15-6-4-12(16)7-14(15)17/h3-7,10,18H,8-9H2,1-2H3. The molecule has 1 aromatic heterocycles. The van der Waals surface area contributed by atoms with E-state index in [-0.39, 0.29) is 18.4 Å². The Bertz CT molecular complexity index is 569. The van der Waals surface area contributed by atoms with E-state index < -0.39 is 11.6 Å². The van der Waals surface area contributed by atoms with E-state index in [1.807, 2.05) is 26.0 Å². The summed E-state index contributed by atoms with van der Waals surface area (Å²) in [5.41, 5.74) is 0. The van der Waals surface area contributed by atoms with Gasteiger partial charge in [0.1, 0.15) is 23.9 Å². The molecule has 108 valence electrons. The highest BCUT2D eigenvalue weighted by molar-refractivity contribution is 5.24. The van der Waals surface area contributed by atoms with Crippen molar-refractivity contribution in [3.63, 3.8) is 0 Å². The maximum Gasteiger partial charge on any atom is 0.167 e. The largest absolute Gasteiger partial charge is 0.489 e. The Hall–Kier alpha value is -1.88. The van der Waals surface area contributed by atoms with Gasteiger partial charge in [-0.1, -0.05) is 0 Å². The second kappa shape index (κ2) is 6.52. The fraction of sp³-hybridized carbons (Fsp3) is 0.333. The molecule has 20 heavy (non-hydrogen) atoms. The van der Waals surface area contributed by atoms with Crippen LogP contribution in [0, 0.1) is 18.6 Å². The molecule has 3 nitrogen and oxygen atoms in total. The Balaban J connectivity index is 1.78. The highest BCUT2D eigenvalue weighted by atomic mass is 19.1. The highest BCUT2D eigenvalue weighted by Crippen LogP contribution is 2.17. The van der Waals surface area contributed by atoms with Gasteiger partial charge in [0.2, 0.25) is 0 Å². The summed E-state index contributed by atoms with van der Waals surface area (Å²) in [5, 5.41) is 3.20. The van der Waals surface area contributed by atoms with Crippen LogP contribution >= 0.6 is 0 Å². The number of rotatable bonds is 6. The molecule has 0 amide bonds. The number of ether oxygens (including phenoxy) is 1. The lowest BCUT2D eigenvalue weighted by Crippen LogP contribution is -2.31. The Morgan fingerprint density at radius 2 is 2.05 bits per heavy atom. The third kappa shape index (κ3) is 4.06. The number of hydrogen-bond donors (Lipinski definition) is 1. The average molecular weight is 281 g/mol. The van der Waals surface area contributed by atoms with Gasteiger partial charge in [-0.3, -0.25) is 0 Å². The molecule has 1 aromatic carbocycles. The summed E-state index contributed by atoms with van der Waals surface area (Å²) in [6, 6.07) is 7.06. The second-order valence-corrected chi connectivity index (χ2v) is 4.68. The predicted molar refractivity (Wildman–Crippen MR) is 71.6 cm³/mol. The van der Waals surface area contributed by atoms with Gasteiger partial charge in [-0.25, -0.2) is 8.78 Å². The molecule has 0 fully saturated rings. The van der Waals surface area contributed by atoms with E-state index in [9.17, 15) is 8.78 Å². The molecule has 1 unspecified atom stereocenters. The van der Waals surface area contributed by atoms with Gasteiger partial charge in [0.05, 0.1) is 6.54 Å². The van der Waals surface area contributed by atoms with Crippen molar-refractivity contribution in [3.8, 4) is 5.75 Å². The van der Waals surface area contributed by atoms with Crippen molar-refractivity contribution in [2.75, 3.05) is 6.61 Å². The molecule has 1 N–H and O–H groups in total. The molecular weight excluding hydrogens is 264 g/mol. The molecule has 0 spiro atoms. The minimum atomic E-state index is -0.696. The van der Waals surface area contributed by atoms with Gasteiger partial charge in [0.25, 0.3) is 0 Å². The molecule has 0 saturated carbocycles. The highest BCUT2D eigenvalue weighted by Gasteiger charge is 2.08. The van der Waals surface area contributed by atoms with Crippen LogP contribution in [0.5, 0.6) is 5.75 Å². The fourth-order valence-electron chi connectivity index (χ4n) is 1.72. The molecule has 0 aliphatic carbocycles. The van der Waals surface area contributed by atoms with Crippen molar-refractivity contribution < 1.29 is 17.9 Å². The van der Waals surface area contributed by atoms with E-state index in [0.717, 1.165) is 17.6 Å². The van der Waals surface area contributed by atoms with E-state index in [4.69, 9.17) is 9.15 Å². The molecule has 0 bridgehead atoms. The van der Waals surface area contributed by atoms with Gasteiger partial charge < -0.3 is 14.5 Å². The summed E-state index contributed by atoms with van der Waals surface area (Å²) in [6.07, 6.45) is 0. The molecule has 1 heterocycles. The Kier molecular flexibility index (Phi) is 4.74. The SMILES string of the molecule is Cc1ccc(CNC(C)COc2ccc(F)cc2F)o1. The van der Waals surface area contributed by atoms with Crippen molar-refractivity contribution in [2.24, 2.45) is 0 Å². The predicted octanol–water partition coefficient (Wildman–Crippen LogP) is 3.42. The summed E-state index contributed by atoms with van der Waals surface area (Å²) >= 11 is 0. The third-order valence-electron chi connectivity index (χ3n) is 2.80. The number of nitrogens with one attached hydrogen (secondary N) is 1. The third-order valence-corrected chi connectivity index (χ3v) is 2.80. The normalized spacial score (nSPS) is 12.4. The first-order valence-electron chi connectivity index (χ1n) is 6.41. The molecule has 0 aliphatic heterocycles. The number of hydrogen-bond acceptors (Lipinski definition) is 3. The number of furan rings is 1. The lowest BCUT2D eigenvalue weighted by Gasteiger charge is -2.14. The van der Waals surface area contributed by atoms with Gasteiger partial charge in [0.15, 0.2) is 11.6 Å². The number of benzene rings is 1. The fourth-order valence-corrected chi connectivity index (χ4v) is 1.72. The monoisotopic (exact) mass is 281 g/mol. The lowest BCUT2D eigenvalue weighted by atomic mass is 10.3. The van der Waals surface area contributed by atoms with Crippen LogP contribution in [0.4, 0.5) is 8.78 Å². The summed E-state index contributed by atoms with van der Waals surface area (Å²) in [6.45, 7) is 4.65. The van der Waals surface area contributed by atoms with E-state index in [1.165, 1.54) is 12.1 Å². The van der Waals surface area contributed by atoms with Gasteiger partial charge in [-0.05, 0) is 38.1 Å². The van der Waals surface area contributed by atoms with Crippen LogP contribution in [0.25, 0.3) is 0 Å². The van der Waals surface area contributed by atoms with Crippen LogP contribution in [0.15, 0.2) is 34.7 Å². The van der Waals surface area contributed by atoms with Crippen molar-refractivity contribution in [2.45, 2.75) is 26.4 Å². The maximum atomic E-state index is 13.4. The maximum absolute atomic E-state index is 13.4. The van der Waals surface area contributed by atoms with E-state index in [0.29, 0.717) is 6.54 Å². The molecule has 1 atom stereocenters. The van der Waals surface area contributed by atoms with Crippen molar-refractivity contribution in [1.29, 1.82) is 0 Å². The van der Waals surface area contributed by atoms with Crippen LogP contribution < -0.4 is 10.1 Å². The molecule has 0 saturated heterocycles. The number of aryl methyl sites for hydroxylation is 1. The van der Waals surface area contributed by atoms with Gasteiger partial charge in [-0.2, -0.15) is 0 Å². The van der Waals surface area contributed by atoms with Crippen molar-refractivity contribution in [1.82, 2.24) is 5.32 Å². The van der Waals surface area contributed by atoms with Gasteiger partial charge in [0, 0.05) is 12.1 Å². The summed E-state index contributed by atoms with van der Waals surface area (Å²) < 4.78 is 36.8. The summed E-state index contributed by atoms with van der Waals surface area (Å²) in [4.78, 5) is 0. The number of halogens is 2. The van der Waals surface area contributed by atoms with Gasteiger partial charge >= 0.3 is 0 Å². The zero-order chi connectivity index (χ0) is 14.5. The lowest BCUT2D eigenvalue weighted by molar-refractivity contribution is 0.257. The molecule has 0 radical (unpaired) electrons. The first-order valence-corrected chi connectivity index (χ1v) is 6.41. The molecule has 2 aromatic rings. The molecular formula is C15H17F2NO2. The second-order valence-electron chi connectivity index (χ2n) is 4.68. The van der Waals surface area contributed by atoms with Gasteiger partial charge in [-0.15, -0.1) is 0 Å². The zero-order valence-corrected chi connectivity index (χ0v) is 11.5. The van der Waals surface area contributed by atoms with Crippen LogP contribution in [0.1, 0.15) is 18.4 Å². The van der Waals surface area contributed by atoms with Crippen molar-refractivity contribution >= 4 is 0 Å². The average Bonchev–Trinajstić information content (AvgIpc) is 2.81. The summed E-state index contributed by atoms with van der Waals surface area (Å²) in [5.74, 6) is 0.434. The smallest absolute Gasteiger partial charge is 0.167 e. The molecule has 2 rings (SSSR count). The first-order chi connectivity index (χ1) is 9.54. The van der Waals surface area contributed by atoms with Crippen LogP contribution in [0.3, 0.4) is 0 Å². The van der Waals surface area contributed by atoms with Crippen LogP contribution in [-0.4, -0.2) is 12.6 Å². The topological polar surface area (TPSA) is 34.4 Å². The van der Waals surface area contributed by atoms with Crippen molar-refractivity contribution in [3.05, 3.63) is 53.5 Å². The molecule has 0 aliphatic rings. The van der Waals surface area contributed by atoms with E-state index >= 15 is 0 Å². The van der Waals surface area contributed by atoms with Crippen LogP contribution in [0.2, 0.25) is 0 Å². The zero-order valence-electron chi connectivity index (χ0n) is 11.5.